The van der Waals surface area contributed by atoms with E-state index in [2.05, 4.69) is 10.0 Å². The topological polar surface area (TPSA) is 93.7 Å². The number of hydrogen-bond acceptors (Lipinski definition) is 5. The minimum Gasteiger partial charge on any atom is -0.484 e. The molecule has 0 aliphatic carbocycles. The highest BCUT2D eigenvalue weighted by atomic mass is 35.5. The summed E-state index contributed by atoms with van der Waals surface area (Å²) in [5.74, 6) is -0.804. The second kappa shape index (κ2) is 9.83. The van der Waals surface area contributed by atoms with Gasteiger partial charge in [0.05, 0.1) is 16.5 Å². The first-order valence-electron chi connectivity index (χ1n) is 8.20. The van der Waals surface area contributed by atoms with Gasteiger partial charge in [-0.1, -0.05) is 11.6 Å². The van der Waals surface area contributed by atoms with E-state index >= 15 is 0 Å². The van der Waals surface area contributed by atoms with Gasteiger partial charge in [0.1, 0.15) is 11.6 Å². The number of methoxy groups -OCH3 is 1. The number of halogens is 2. The molecule has 2 rings (SSSR count). The van der Waals surface area contributed by atoms with E-state index in [4.69, 9.17) is 21.1 Å². The fourth-order valence-electron chi connectivity index (χ4n) is 2.25. The molecule has 0 heterocycles. The van der Waals surface area contributed by atoms with E-state index in [1.807, 2.05) is 0 Å². The normalized spacial score (nSPS) is 12.4. The Hall–Kier alpha value is -2.20. The minimum absolute atomic E-state index is 0.0608. The summed E-state index contributed by atoms with van der Waals surface area (Å²) in [6, 6.07) is 9.04. The standard InChI is InChI=1S/C18H20ClFN2O5S/c1-12(10-26-2)22-28(24,25)15-6-3-13(4-7-15)21-18(23)11-27-14-5-8-17(20)16(19)9-14/h3-9,12,22H,10-11H2,1-2H3,(H,21,23). The summed E-state index contributed by atoms with van der Waals surface area (Å²) >= 11 is 5.64. The second-order valence-corrected chi connectivity index (χ2v) is 8.04. The Balaban J connectivity index is 1.92. The van der Waals surface area contributed by atoms with Crippen LogP contribution >= 0.6 is 11.6 Å². The van der Waals surface area contributed by atoms with Gasteiger partial charge >= 0.3 is 0 Å². The number of carbonyl (C=O) groups is 1. The molecule has 0 radical (unpaired) electrons. The summed E-state index contributed by atoms with van der Waals surface area (Å²) in [6.45, 7) is 1.61. The van der Waals surface area contributed by atoms with Gasteiger partial charge < -0.3 is 14.8 Å². The molecule has 0 aromatic heterocycles. The van der Waals surface area contributed by atoms with Gasteiger partial charge in [0.2, 0.25) is 10.0 Å². The van der Waals surface area contributed by atoms with Crippen LogP contribution in [-0.4, -0.2) is 40.7 Å². The monoisotopic (exact) mass is 430 g/mol. The number of anilines is 1. The molecule has 7 nitrogen and oxygen atoms in total. The average Bonchev–Trinajstić information content (AvgIpc) is 2.63. The van der Waals surface area contributed by atoms with Gasteiger partial charge in [-0.25, -0.2) is 17.5 Å². The lowest BCUT2D eigenvalue weighted by molar-refractivity contribution is -0.118. The molecule has 152 valence electrons. The summed E-state index contributed by atoms with van der Waals surface area (Å²) in [5, 5.41) is 2.46. The van der Waals surface area contributed by atoms with Crippen LogP contribution in [0.1, 0.15) is 6.92 Å². The van der Waals surface area contributed by atoms with Crippen LogP contribution in [0.25, 0.3) is 0 Å². The van der Waals surface area contributed by atoms with Gasteiger partial charge in [-0.3, -0.25) is 4.79 Å². The molecule has 0 fully saturated rings. The van der Waals surface area contributed by atoms with E-state index in [9.17, 15) is 17.6 Å². The maximum absolute atomic E-state index is 13.1. The molecule has 0 saturated heterocycles. The summed E-state index contributed by atoms with van der Waals surface area (Å²) in [7, 11) is -2.21. The van der Waals surface area contributed by atoms with Crippen LogP contribution in [0.3, 0.4) is 0 Å². The highest BCUT2D eigenvalue weighted by molar-refractivity contribution is 7.89. The highest BCUT2D eigenvalue weighted by Gasteiger charge is 2.17. The number of rotatable bonds is 9. The minimum atomic E-state index is -3.69. The van der Waals surface area contributed by atoms with Crippen molar-refractivity contribution < 1.29 is 27.1 Å². The van der Waals surface area contributed by atoms with Crippen LogP contribution in [0.2, 0.25) is 5.02 Å². The van der Waals surface area contributed by atoms with Gasteiger partial charge in [0, 0.05) is 24.9 Å². The zero-order valence-electron chi connectivity index (χ0n) is 15.2. The molecule has 1 unspecified atom stereocenters. The zero-order chi connectivity index (χ0) is 20.7. The molecule has 1 amide bonds. The largest absolute Gasteiger partial charge is 0.484 e. The summed E-state index contributed by atoms with van der Waals surface area (Å²) in [6.07, 6.45) is 0. The lowest BCUT2D eigenvalue weighted by Crippen LogP contribution is -2.35. The predicted octanol–water partition coefficient (Wildman–Crippen LogP) is 2.81. The van der Waals surface area contributed by atoms with Gasteiger partial charge in [-0.05, 0) is 43.3 Å². The summed E-state index contributed by atoms with van der Waals surface area (Å²) in [4.78, 5) is 12.0. The number of hydrogen-bond donors (Lipinski definition) is 2. The lowest BCUT2D eigenvalue weighted by atomic mass is 10.3. The lowest BCUT2D eigenvalue weighted by Gasteiger charge is -2.13. The molecular weight excluding hydrogens is 411 g/mol. The first-order chi connectivity index (χ1) is 13.2. The van der Waals surface area contributed by atoms with Crippen molar-refractivity contribution in [1.82, 2.24) is 4.72 Å². The van der Waals surface area contributed by atoms with Crippen molar-refractivity contribution in [3.8, 4) is 5.75 Å². The fraction of sp³-hybridized carbons (Fsp3) is 0.278. The van der Waals surface area contributed by atoms with Crippen molar-refractivity contribution in [2.45, 2.75) is 17.9 Å². The second-order valence-electron chi connectivity index (χ2n) is 5.91. The summed E-state index contributed by atoms with van der Waals surface area (Å²) in [5.41, 5.74) is 0.398. The molecule has 10 heteroatoms. The number of carbonyl (C=O) groups excluding carboxylic acids is 1. The third-order valence-electron chi connectivity index (χ3n) is 3.48. The molecule has 0 aliphatic rings. The van der Waals surface area contributed by atoms with E-state index in [1.165, 1.54) is 43.5 Å². The molecule has 28 heavy (non-hydrogen) atoms. The Morgan fingerprint density at radius 3 is 2.50 bits per heavy atom. The van der Waals surface area contributed by atoms with Crippen molar-refractivity contribution in [3.05, 3.63) is 53.3 Å². The number of amides is 1. The Morgan fingerprint density at radius 1 is 1.21 bits per heavy atom. The van der Waals surface area contributed by atoms with Crippen molar-refractivity contribution in [2.24, 2.45) is 0 Å². The van der Waals surface area contributed by atoms with E-state index in [0.717, 1.165) is 6.07 Å². The number of sulfonamides is 1. The van der Waals surface area contributed by atoms with Gasteiger partial charge in [-0.2, -0.15) is 0 Å². The molecule has 2 aromatic carbocycles. The fourth-order valence-corrected chi connectivity index (χ4v) is 3.65. The molecule has 0 aliphatic heterocycles. The average molecular weight is 431 g/mol. The van der Waals surface area contributed by atoms with E-state index in [0.29, 0.717) is 5.69 Å². The molecule has 2 aromatic rings. The Morgan fingerprint density at radius 2 is 1.89 bits per heavy atom. The van der Waals surface area contributed by atoms with Crippen molar-refractivity contribution in [3.63, 3.8) is 0 Å². The Labute approximate surface area is 167 Å². The molecule has 0 saturated carbocycles. The van der Waals surface area contributed by atoms with E-state index in [1.54, 1.807) is 6.92 Å². The Kier molecular flexibility index (Phi) is 7.76. The van der Waals surface area contributed by atoms with E-state index < -0.39 is 21.7 Å². The van der Waals surface area contributed by atoms with Crippen LogP contribution in [0.4, 0.5) is 10.1 Å². The first kappa shape index (κ1) is 22.1. The first-order valence-corrected chi connectivity index (χ1v) is 10.1. The number of ether oxygens (including phenoxy) is 2. The van der Waals surface area contributed by atoms with Crippen LogP contribution in [0.5, 0.6) is 5.75 Å². The third-order valence-corrected chi connectivity index (χ3v) is 5.38. The van der Waals surface area contributed by atoms with Gasteiger partial charge in [-0.15, -0.1) is 0 Å². The van der Waals surface area contributed by atoms with Crippen molar-refractivity contribution >= 4 is 33.2 Å². The number of nitrogens with one attached hydrogen (secondary N) is 2. The quantitative estimate of drug-likeness (QED) is 0.638. The van der Waals surface area contributed by atoms with Crippen LogP contribution in [-0.2, 0) is 19.6 Å². The van der Waals surface area contributed by atoms with E-state index in [-0.39, 0.29) is 34.9 Å². The van der Waals surface area contributed by atoms with Crippen molar-refractivity contribution in [2.75, 3.05) is 25.6 Å². The zero-order valence-corrected chi connectivity index (χ0v) is 16.8. The molecule has 0 spiro atoms. The summed E-state index contributed by atoms with van der Waals surface area (Å²) < 4.78 is 50.2. The third kappa shape index (κ3) is 6.45. The highest BCUT2D eigenvalue weighted by Crippen LogP contribution is 2.21. The predicted molar refractivity (Wildman–Crippen MR) is 104 cm³/mol. The van der Waals surface area contributed by atoms with Crippen LogP contribution in [0, 0.1) is 5.82 Å². The SMILES string of the molecule is COCC(C)NS(=O)(=O)c1ccc(NC(=O)COc2ccc(F)c(Cl)c2)cc1. The van der Waals surface area contributed by atoms with Crippen LogP contribution < -0.4 is 14.8 Å². The number of benzene rings is 2. The van der Waals surface area contributed by atoms with Gasteiger partial charge in [0.25, 0.3) is 5.91 Å². The van der Waals surface area contributed by atoms with Crippen molar-refractivity contribution in [1.29, 1.82) is 0 Å². The molecular formula is C18H20ClFN2O5S. The maximum atomic E-state index is 13.1. The molecule has 2 N–H and O–H groups in total. The smallest absolute Gasteiger partial charge is 0.262 e. The Bertz CT molecular complexity index is 922. The maximum Gasteiger partial charge on any atom is 0.262 e. The van der Waals surface area contributed by atoms with Crippen LogP contribution in [0.15, 0.2) is 47.4 Å². The van der Waals surface area contributed by atoms with Gasteiger partial charge in [0.15, 0.2) is 6.61 Å². The molecule has 0 bridgehead atoms. The molecule has 1 atom stereocenters.